The monoisotopic (exact) mass is 386 g/mol. The summed E-state index contributed by atoms with van der Waals surface area (Å²) in [4.78, 5) is 37.7. The van der Waals surface area contributed by atoms with E-state index in [9.17, 15) is 14.4 Å². The van der Waals surface area contributed by atoms with E-state index in [1.54, 1.807) is 13.2 Å². The van der Waals surface area contributed by atoms with E-state index in [2.05, 4.69) is 4.74 Å². The van der Waals surface area contributed by atoms with Gasteiger partial charge in [0.15, 0.2) is 0 Å². The van der Waals surface area contributed by atoms with E-state index in [-0.39, 0.29) is 4.91 Å². The molecule has 0 aliphatic carbocycles. The molecule has 2 amide bonds. The SMILES string of the molecule is COC(=O)C(C)N1C(=O)S/C(=C/c2cccn2-c2ccc(OC)cc2)C1=O. The normalized spacial score (nSPS) is 16.7. The van der Waals surface area contributed by atoms with Crippen molar-refractivity contribution in [2.45, 2.75) is 13.0 Å². The lowest BCUT2D eigenvalue weighted by Crippen LogP contribution is -2.42. The van der Waals surface area contributed by atoms with Crippen molar-refractivity contribution in [3.8, 4) is 11.4 Å². The van der Waals surface area contributed by atoms with Gasteiger partial charge in [0.1, 0.15) is 11.8 Å². The summed E-state index contributed by atoms with van der Waals surface area (Å²) in [6.45, 7) is 1.46. The molecule has 0 saturated carbocycles. The third kappa shape index (κ3) is 3.61. The van der Waals surface area contributed by atoms with Crippen LogP contribution in [0.5, 0.6) is 5.75 Å². The fourth-order valence-electron chi connectivity index (χ4n) is 2.71. The summed E-state index contributed by atoms with van der Waals surface area (Å²) < 4.78 is 11.7. The summed E-state index contributed by atoms with van der Waals surface area (Å²) in [6.07, 6.45) is 3.49. The topological polar surface area (TPSA) is 77.8 Å². The summed E-state index contributed by atoms with van der Waals surface area (Å²) in [5.41, 5.74) is 1.62. The quantitative estimate of drug-likeness (QED) is 0.581. The number of hydrogen-bond acceptors (Lipinski definition) is 6. The van der Waals surface area contributed by atoms with Crippen LogP contribution in [-0.2, 0) is 14.3 Å². The van der Waals surface area contributed by atoms with Gasteiger partial charge in [-0.2, -0.15) is 0 Å². The number of ether oxygens (including phenoxy) is 2. The first-order valence-corrected chi connectivity index (χ1v) is 8.94. The van der Waals surface area contributed by atoms with Crippen LogP contribution in [0.3, 0.4) is 0 Å². The molecular formula is C19H18N2O5S. The van der Waals surface area contributed by atoms with Crippen molar-refractivity contribution in [1.29, 1.82) is 0 Å². The molecule has 1 atom stereocenters. The largest absolute Gasteiger partial charge is 0.497 e. The molecular weight excluding hydrogens is 368 g/mol. The Morgan fingerprint density at radius 3 is 2.48 bits per heavy atom. The lowest BCUT2D eigenvalue weighted by molar-refractivity contribution is -0.148. The number of amides is 2. The molecule has 27 heavy (non-hydrogen) atoms. The molecule has 8 heteroatoms. The van der Waals surface area contributed by atoms with Crippen LogP contribution in [0.25, 0.3) is 11.8 Å². The highest BCUT2D eigenvalue weighted by molar-refractivity contribution is 8.18. The van der Waals surface area contributed by atoms with Crippen LogP contribution >= 0.6 is 11.8 Å². The van der Waals surface area contributed by atoms with Crippen LogP contribution in [0, 0.1) is 0 Å². The molecule has 0 radical (unpaired) electrons. The zero-order chi connectivity index (χ0) is 19.6. The predicted octanol–water partition coefficient (Wildman–Crippen LogP) is 3.08. The second-order valence-electron chi connectivity index (χ2n) is 5.75. The molecule has 140 valence electrons. The average molecular weight is 386 g/mol. The molecule has 1 aromatic carbocycles. The molecule has 7 nitrogen and oxygen atoms in total. The third-order valence-corrected chi connectivity index (χ3v) is 5.05. The summed E-state index contributed by atoms with van der Waals surface area (Å²) >= 11 is 0.804. The van der Waals surface area contributed by atoms with E-state index in [1.165, 1.54) is 14.0 Å². The van der Waals surface area contributed by atoms with Crippen molar-refractivity contribution in [3.63, 3.8) is 0 Å². The lowest BCUT2D eigenvalue weighted by Gasteiger charge is -2.18. The van der Waals surface area contributed by atoms with Crippen molar-refractivity contribution >= 4 is 35.0 Å². The second-order valence-corrected chi connectivity index (χ2v) is 6.75. The van der Waals surface area contributed by atoms with E-state index >= 15 is 0 Å². The number of thioether (sulfide) groups is 1. The van der Waals surface area contributed by atoms with E-state index in [0.717, 1.165) is 33.8 Å². The van der Waals surface area contributed by atoms with Gasteiger partial charge in [-0.1, -0.05) is 0 Å². The highest BCUT2D eigenvalue weighted by atomic mass is 32.2. The number of esters is 1. The highest BCUT2D eigenvalue weighted by Gasteiger charge is 2.41. The Labute approximate surface area is 160 Å². The van der Waals surface area contributed by atoms with Crippen LogP contribution in [0.1, 0.15) is 12.6 Å². The van der Waals surface area contributed by atoms with Crippen LogP contribution < -0.4 is 4.74 Å². The Balaban J connectivity index is 1.90. The number of carbonyl (C=O) groups excluding carboxylic acids is 3. The Hall–Kier alpha value is -3.00. The molecule has 3 rings (SSSR count). The van der Waals surface area contributed by atoms with Gasteiger partial charge in [0, 0.05) is 17.6 Å². The minimum absolute atomic E-state index is 0.254. The van der Waals surface area contributed by atoms with Gasteiger partial charge in [0.25, 0.3) is 11.1 Å². The van der Waals surface area contributed by atoms with E-state index < -0.39 is 23.2 Å². The van der Waals surface area contributed by atoms with Crippen molar-refractivity contribution in [2.24, 2.45) is 0 Å². The minimum atomic E-state index is -0.971. The first-order valence-electron chi connectivity index (χ1n) is 8.13. The third-order valence-electron chi connectivity index (χ3n) is 4.16. The lowest BCUT2D eigenvalue weighted by atomic mass is 10.2. The summed E-state index contributed by atoms with van der Waals surface area (Å²) in [6, 6.07) is 10.2. The van der Waals surface area contributed by atoms with Gasteiger partial charge in [-0.25, -0.2) is 4.79 Å². The maximum atomic E-state index is 12.6. The number of methoxy groups -OCH3 is 2. The maximum absolute atomic E-state index is 12.6. The number of hydrogen-bond donors (Lipinski definition) is 0. The maximum Gasteiger partial charge on any atom is 0.328 e. The Bertz CT molecular complexity index is 916. The van der Waals surface area contributed by atoms with Gasteiger partial charge in [-0.05, 0) is 61.2 Å². The van der Waals surface area contributed by atoms with Crippen LogP contribution in [-0.4, -0.2) is 46.8 Å². The van der Waals surface area contributed by atoms with Gasteiger partial charge in [-0.3, -0.25) is 14.5 Å². The van der Waals surface area contributed by atoms with Crippen LogP contribution in [0.4, 0.5) is 4.79 Å². The van der Waals surface area contributed by atoms with E-state index in [4.69, 9.17) is 4.74 Å². The molecule has 2 heterocycles. The zero-order valence-corrected chi connectivity index (χ0v) is 15.9. The number of benzene rings is 1. The number of carbonyl (C=O) groups is 3. The summed E-state index contributed by atoms with van der Waals surface area (Å²) in [5, 5.41) is -0.494. The molecule has 0 bridgehead atoms. The highest BCUT2D eigenvalue weighted by Crippen LogP contribution is 2.34. The molecule has 1 aromatic heterocycles. The molecule has 1 unspecified atom stereocenters. The van der Waals surface area contributed by atoms with Crippen molar-refractivity contribution in [1.82, 2.24) is 9.47 Å². The van der Waals surface area contributed by atoms with Gasteiger partial charge >= 0.3 is 5.97 Å². The van der Waals surface area contributed by atoms with E-state index in [1.807, 2.05) is 47.2 Å². The zero-order valence-electron chi connectivity index (χ0n) is 15.0. The van der Waals surface area contributed by atoms with Gasteiger partial charge in [0.05, 0.1) is 19.1 Å². The first-order chi connectivity index (χ1) is 13.0. The number of nitrogens with zero attached hydrogens (tertiary/aromatic N) is 2. The second kappa shape index (κ2) is 7.71. The predicted molar refractivity (Wildman–Crippen MR) is 102 cm³/mol. The molecule has 0 spiro atoms. The summed E-state index contributed by atoms with van der Waals surface area (Å²) in [7, 11) is 2.82. The Kier molecular flexibility index (Phi) is 5.36. The molecule has 1 aliphatic heterocycles. The smallest absolute Gasteiger partial charge is 0.328 e. The Morgan fingerprint density at radius 2 is 1.85 bits per heavy atom. The fourth-order valence-corrected chi connectivity index (χ4v) is 3.61. The van der Waals surface area contributed by atoms with Gasteiger partial charge < -0.3 is 14.0 Å². The van der Waals surface area contributed by atoms with Gasteiger partial charge in [0.2, 0.25) is 0 Å². The minimum Gasteiger partial charge on any atom is -0.497 e. The number of imide groups is 1. The molecule has 1 aliphatic rings. The summed E-state index contributed by atoms with van der Waals surface area (Å²) in [5.74, 6) is -0.407. The van der Waals surface area contributed by atoms with Crippen molar-refractivity contribution < 1.29 is 23.9 Å². The number of aromatic nitrogens is 1. The van der Waals surface area contributed by atoms with E-state index in [0.29, 0.717) is 0 Å². The molecule has 0 N–H and O–H groups in total. The number of rotatable bonds is 5. The first kappa shape index (κ1) is 18.8. The fraction of sp³-hybridized carbons (Fsp3) is 0.211. The van der Waals surface area contributed by atoms with Gasteiger partial charge in [-0.15, -0.1) is 0 Å². The van der Waals surface area contributed by atoms with Crippen LogP contribution in [0.15, 0.2) is 47.5 Å². The van der Waals surface area contributed by atoms with Crippen molar-refractivity contribution in [3.05, 3.63) is 53.2 Å². The molecule has 1 fully saturated rings. The standard InChI is InChI=1S/C19H18N2O5S/c1-12(18(23)26-3)21-17(22)16(27-19(21)24)11-14-5-4-10-20(14)13-6-8-15(25-2)9-7-13/h4-12H,1-3H3/b16-11+. The Morgan fingerprint density at radius 1 is 1.15 bits per heavy atom. The molecule has 2 aromatic rings. The molecule has 1 saturated heterocycles. The van der Waals surface area contributed by atoms with Crippen LogP contribution in [0.2, 0.25) is 0 Å². The van der Waals surface area contributed by atoms with Crippen molar-refractivity contribution in [2.75, 3.05) is 14.2 Å². The average Bonchev–Trinajstić information content (AvgIpc) is 3.25.